The van der Waals surface area contributed by atoms with Crippen molar-refractivity contribution in [1.82, 2.24) is 5.32 Å². The molecule has 2 nitrogen and oxygen atoms in total. The molecule has 0 aliphatic rings. The zero-order chi connectivity index (χ0) is 12.0. The first kappa shape index (κ1) is 13.1. The molecule has 1 atom stereocenters. The number of rotatable bonds is 6. The number of hydrogen-bond donors (Lipinski definition) is 2. The van der Waals surface area contributed by atoms with Gasteiger partial charge in [0.15, 0.2) is 0 Å². The van der Waals surface area contributed by atoms with E-state index in [1.54, 1.807) is 12.1 Å². The maximum absolute atomic E-state index is 12.7. The quantitative estimate of drug-likeness (QED) is 0.777. The van der Waals surface area contributed by atoms with Gasteiger partial charge in [0.2, 0.25) is 0 Å². The lowest BCUT2D eigenvalue weighted by Gasteiger charge is -2.29. The molecular formula is C13H20FNO. The van der Waals surface area contributed by atoms with E-state index in [2.05, 4.69) is 12.2 Å². The lowest BCUT2D eigenvalue weighted by molar-refractivity contribution is 0.174. The number of hydrogen-bond acceptors (Lipinski definition) is 2. The fraction of sp³-hybridized carbons (Fsp3) is 0.538. The van der Waals surface area contributed by atoms with Crippen molar-refractivity contribution in [3.63, 3.8) is 0 Å². The summed E-state index contributed by atoms with van der Waals surface area (Å²) in [6.45, 7) is 5.01. The van der Waals surface area contributed by atoms with Crippen LogP contribution in [-0.4, -0.2) is 23.8 Å². The minimum Gasteiger partial charge on any atom is -0.394 e. The van der Waals surface area contributed by atoms with Crippen molar-refractivity contribution < 1.29 is 9.50 Å². The smallest absolute Gasteiger partial charge is 0.123 e. The van der Waals surface area contributed by atoms with Crippen LogP contribution in [0.1, 0.15) is 25.8 Å². The first-order valence-electron chi connectivity index (χ1n) is 5.70. The van der Waals surface area contributed by atoms with Crippen molar-refractivity contribution in [3.8, 4) is 0 Å². The van der Waals surface area contributed by atoms with Crippen LogP contribution in [0.25, 0.3) is 0 Å². The summed E-state index contributed by atoms with van der Waals surface area (Å²) in [6.07, 6.45) is 1.72. The Morgan fingerprint density at radius 3 is 2.44 bits per heavy atom. The second-order valence-corrected chi connectivity index (χ2v) is 4.45. The zero-order valence-electron chi connectivity index (χ0n) is 9.96. The molecule has 1 aromatic rings. The average molecular weight is 225 g/mol. The van der Waals surface area contributed by atoms with Crippen molar-refractivity contribution in [2.75, 3.05) is 13.2 Å². The van der Waals surface area contributed by atoms with E-state index in [1.165, 1.54) is 12.1 Å². The van der Waals surface area contributed by atoms with Gasteiger partial charge in [-0.15, -0.1) is 0 Å². The molecule has 16 heavy (non-hydrogen) atoms. The predicted octanol–water partition coefficient (Wildman–Crippen LogP) is 2.12. The third-order valence-electron chi connectivity index (χ3n) is 2.66. The molecule has 1 rings (SSSR count). The minimum atomic E-state index is -0.326. The molecule has 1 unspecified atom stereocenters. The second-order valence-electron chi connectivity index (χ2n) is 4.45. The Labute approximate surface area is 96.5 Å². The van der Waals surface area contributed by atoms with Crippen LogP contribution >= 0.6 is 0 Å². The average Bonchev–Trinajstić information content (AvgIpc) is 2.30. The van der Waals surface area contributed by atoms with Crippen LogP contribution < -0.4 is 5.32 Å². The molecule has 0 aliphatic heterocycles. The van der Waals surface area contributed by atoms with E-state index in [1.807, 2.05) is 6.92 Å². The summed E-state index contributed by atoms with van der Waals surface area (Å²) in [4.78, 5) is 0. The largest absolute Gasteiger partial charge is 0.394 e. The van der Waals surface area contributed by atoms with Gasteiger partial charge in [-0.25, -0.2) is 4.39 Å². The summed E-state index contributed by atoms with van der Waals surface area (Å²) in [5.41, 5.74) is 0.704. The zero-order valence-corrected chi connectivity index (χ0v) is 9.96. The molecule has 0 aromatic heterocycles. The monoisotopic (exact) mass is 225 g/mol. The van der Waals surface area contributed by atoms with Crippen LogP contribution in [0.3, 0.4) is 0 Å². The van der Waals surface area contributed by atoms with Gasteiger partial charge in [0.1, 0.15) is 5.82 Å². The van der Waals surface area contributed by atoms with E-state index >= 15 is 0 Å². The molecule has 2 N–H and O–H groups in total. The Kier molecular flexibility index (Phi) is 4.90. The van der Waals surface area contributed by atoms with Crippen LogP contribution in [0.15, 0.2) is 24.3 Å². The van der Waals surface area contributed by atoms with Crippen molar-refractivity contribution in [1.29, 1.82) is 0 Å². The molecule has 0 fully saturated rings. The summed E-state index contributed by atoms with van der Waals surface area (Å²) in [7, 11) is 0. The first-order valence-corrected chi connectivity index (χ1v) is 5.70. The van der Waals surface area contributed by atoms with Crippen LogP contribution in [0.4, 0.5) is 4.39 Å². The topological polar surface area (TPSA) is 32.3 Å². The van der Waals surface area contributed by atoms with E-state index < -0.39 is 0 Å². The van der Waals surface area contributed by atoms with Crippen LogP contribution in [-0.2, 0) is 6.42 Å². The van der Waals surface area contributed by atoms with E-state index in [4.69, 9.17) is 0 Å². The van der Waals surface area contributed by atoms with Gasteiger partial charge in [0.25, 0.3) is 0 Å². The fourth-order valence-corrected chi connectivity index (χ4v) is 1.65. The number of aliphatic hydroxyl groups excluding tert-OH is 1. The molecule has 0 saturated heterocycles. The maximum atomic E-state index is 12.7. The van der Waals surface area contributed by atoms with Gasteiger partial charge in [-0.1, -0.05) is 19.1 Å². The second kappa shape index (κ2) is 5.97. The van der Waals surface area contributed by atoms with Gasteiger partial charge in [-0.2, -0.15) is 0 Å². The van der Waals surface area contributed by atoms with Gasteiger partial charge >= 0.3 is 0 Å². The maximum Gasteiger partial charge on any atom is 0.123 e. The summed E-state index contributed by atoms with van der Waals surface area (Å²) in [6, 6.07) is 6.42. The summed E-state index contributed by atoms with van der Waals surface area (Å²) in [5, 5.41) is 12.7. The van der Waals surface area contributed by atoms with Crippen molar-refractivity contribution in [2.24, 2.45) is 0 Å². The predicted molar refractivity (Wildman–Crippen MR) is 63.9 cm³/mol. The third-order valence-corrected chi connectivity index (χ3v) is 2.66. The van der Waals surface area contributed by atoms with E-state index in [9.17, 15) is 9.50 Å². The van der Waals surface area contributed by atoms with Crippen LogP contribution in [0.5, 0.6) is 0 Å². The summed E-state index contributed by atoms with van der Waals surface area (Å²) in [5.74, 6) is -0.226. The molecule has 0 spiro atoms. The first-order chi connectivity index (χ1) is 7.59. The van der Waals surface area contributed by atoms with Crippen LogP contribution in [0, 0.1) is 5.82 Å². The number of aliphatic hydroxyl groups is 1. The van der Waals surface area contributed by atoms with E-state index in [0.717, 1.165) is 18.5 Å². The minimum absolute atomic E-state index is 0.0738. The van der Waals surface area contributed by atoms with Gasteiger partial charge in [-0.3, -0.25) is 0 Å². The highest BCUT2D eigenvalue weighted by atomic mass is 19.1. The van der Waals surface area contributed by atoms with Gasteiger partial charge in [0.05, 0.1) is 6.61 Å². The lowest BCUT2D eigenvalue weighted by atomic mass is 9.93. The van der Waals surface area contributed by atoms with Crippen LogP contribution in [0.2, 0.25) is 0 Å². The number of nitrogens with one attached hydrogen (secondary N) is 1. The molecule has 0 aliphatic carbocycles. The molecule has 1 aromatic carbocycles. The molecule has 90 valence electrons. The Hall–Kier alpha value is -0.930. The molecule has 0 amide bonds. The number of halogens is 1. The molecule has 0 saturated carbocycles. The SMILES string of the molecule is CCCNC(C)(CO)Cc1ccc(F)cc1. The van der Waals surface area contributed by atoms with E-state index in [0.29, 0.717) is 6.42 Å². The standard InChI is InChI=1S/C13H20FNO/c1-3-8-15-13(2,10-16)9-11-4-6-12(14)7-5-11/h4-7,15-16H,3,8-10H2,1-2H3. The normalized spacial score (nSPS) is 14.8. The Balaban J connectivity index is 2.64. The lowest BCUT2D eigenvalue weighted by Crippen LogP contribution is -2.47. The summed E-state index contributed by atoms with van der Waals surface area (Å²) < 4.78 is 12.7. The highest BCUT2D eigenvalue weighted by molar-refractivity contribution is 5.18. The van der Waals surface area contributed by atoms with Gasteiger partial charge in [0, 0.05) is 5.54 Å². The summed E-state index contributed by atoms with van der Waals surface area (Å²) >= 11 is 0. The van der Waals surface area contributed by atoms with Gasteiger partial charge < -0.3 is 10.4 Å². The molecule has 3 heteroatoms. The van der Waals surface area contributed by atoms with Gasteiger partial charge in [-0.05, 0) is 44.0 Å². The molecular weight excluding hydrogens is 205 g/mol. The van der Waals surface area contributed by atoms with E-state index in [-0.39, 0.29) is 18.0 Å². The Bertz CT molecular complexity index is 312. The van der Waals surface area contributed by atoms with Crippen molar-refractivity contribution >= 4 is 0 Å². The Morgan fingerprint density at radius 1 is 1.31 bits per heavy atom. The third kappa shape index (κ3) is 3.91. The van der Waals surface area contributed by atoms with Crippen molar-refractivity contribution in [3.05, 3.63) is 35.6 Å². The fourth-order valence-electron chi connectivity index (χ4n) is 1.65. The highest BCUT2D eigenvalue weighted by Crippen LogP contribution is 2.13. The molecule has 0 bridgehead atoms. The van der Waals surface area contributed by atoms with Crippen molar-refractivity contribution in [2.45, 2.75) is 32.2 Å². The number of benzene rings is 1. The highest BCUT2D eigenvalue weighted by Gasteiger charge is 2.22. The Morgan fingerprint density at radius 2 is 1.94 bits per heavy atom. The molecule has 0 heterocycles. The molecule has 0 radical (unpaired) electrons.